The minimum atomic E-state index is -0.573. The number of carbonyl (C=O) groups is 2. The van der Waals surface area contributed by atoms with Crippen LogP contribution in [0.15, 0.2) is 53.7 Å². The normalized spacial score (nSPS) is 10.8. The number of para-hydroxylation sites is 1. The second kappa shape index (κ2) is 9.59. The average molecular weight is 419 g/mol. The molecule has 3 amide bonds. The number of aromatic nitrogens is 2. The van der Waals surface area contributed by atoms with Gasteiger partial charge in [-0.25, -0.2) is 9.78 Å². The highest BCUT2D eigenvalue weighted by atomic mass is 35.5. The van der Waals surface area contributed by atoms with Crippen molar-refractivity contribution in [2.75, 3.05) is 24.8 Å². The number of hydrogen-bond donors (Lipinski definition) is 2. The van der Waals surface area contributed by atoms with E-state index >= 15 is 0 Å². The number of thioether (sulfide) groups is 1. The van der Waals surface area contributed by atoms with Crippen LogP contribution in [-0.4, -0.2) is 41.0 Å². The van der Waals surface area contributed by atoms with Crippen LogP contribution < -0.4 is 10.6 Å². The summed E-state index contributed by atoms with van der Waals surface area (Å²) in [5.41, 5.74) is 2.26. The number of rotatable bonds is 7. The SMILES string of the molecule is COCCn1c(SCC(=O)NC(=O)Nc2ccccc2)nc2cc(Cl)ccc21. The van der Waals surface area contributed by atoms with Gasteiger partial charge in [-0.05, 0) is 30.3 Å². The van der Waals surface area contributed by atoms with Gasteiger partial charge in [0.05, 0.1) is 23.4 Å². The van der Waals surface area contributed by atoms with E-state index < -0.39 is 11.9 Å². The van der Waals surface area contributed by atoms with Crippen molar-refractivity contribution in [2.45, 2.75) is 11.7 Å². The maximum atomic E-state index is 12.1. The highest BCUT2D eigenvalue weighted by molar-refractivity contribution is 7.99. The van der Waals surface area contributed by atoms with E-state index in [9.17, 15) is 9.59 Å². The number of hydrogen-bond acceptors (Lipinski definition) is 5. The van der Waals surface area contributed by atoms with E-state index in [2.05, 4.69) is 15.6 Å². The molecule has 0 radical (unpaired) electrons. The van der Waals surface area contributed by atoms with E-state index in [0.717, 1.165) is 11.0 Å². The van der Waals surface area contributed by atoms with E-state index in [0.29, 0.717) is 29.0 Å². The van der Waals surface area contributed by atoms with Crippen LogP contribution in [0.25, 0.3) is 11.0 Å². The zero-order chi connectivity index (χ0) is 19.9. The van der Waals surface area contributed by atoms with Gasteiger partial charge in [0.25, 0.3) is 0 Å². The number of urea groups is 1. The van der Waals surface area contributed by atoms with Gasteiger partial charge in [0, 0.05) is 24.4 Å². The Hall–Kier alpha value is -2.55. The number of anilines is 1. The predicted octanol–water partition coefficient (Wildman–Crippen LogP) is 3.78. The van der Waals surface area contributed by atoms with E-state index in [-0.39, 0.29) is 5.75 Å². The lowest BCUT2D eigenvalue weighted by molar-refractivity contribution is -0.117. The third kappa shape index (κ3) is 5.25. The van der Waals surface area contributed by atoms with Crippen LogP contribution in [0.5, 0.6) is 0 Å². The highest BCUT2D eigenvalue weighted by Crippen LogP contribution is 2.26. The van der Waals surface area contributed by atoms with Gasteiger partial charge >= 0.3 is 6.03 Å². The second-order valence-corrected chi connectivity index (χ2v) is 7.21. The van der Waals surface area contributed by atoms with Gasteiger partial charge in [0.15, 0.2) is 5.16 Å². The summed E-state index contributed by atoms with van der Waals surface area (Å²) in [7, 11) is 1.63. The number of nitrogens with zero attached hydrogens (tertiary/aromatic N) is 2. The fraction of sp³-hybridized carbons (Fsp3) is 0.211. The number of methoxy groups -OCH3 is 1. The number of ether oxygens (including phenoxy) is 1. The lowest BCUT2D eigenvalue weighted by atomic mass is 10.3. The van der Waals surface area contributed by atoms with Crippen LogP contribution in [0.3, 0.4) is 0 Å². The first kappa shape index (κ1) is 20.2. The minimum absolute atomic E-state index is 0.0479. The summed E-state index contributed by atoms with van der Waals surface area (Å²) in [5.74, 6) is -0.367. The molecule has 1 aromatic heterocycles. The number of amides is 3. The molecule has 7 nitrogen and oxygen atoms in total. The molecule has 2 aromatic carbocycles. The Labute approximate surface area is 171 Å². The third-order valence-corrected chi connectivity index (χ3v) is 5.02. The number of benzene rings is 2. The first-order valence-corrected chi connectivity index (χ1v) is 9.86. The summed E-state index contributed by atoms with van der Waals surface area (Å²) in [6.45, 7) is 1.10. The van der Waals surface area contributed by atoms with E-state index in [1.165, 1.54) is 11.8 Å². The molecule has 3 rings (SSSR count). The van der Waals surface area contributed by atoms with Crippen molar-refractivity contribution in [3.05, 3.63) is 53.6 Å². The van der Waals surface area contributed by atoms with Gasteiger partial charge in [-0.1, -0.05) is 41.6 Å². The molecule has 0 aliphatic carbocycles. The number of imidazole rings is 1. The number of carbonyl (C=O) groups excluding carboxylic acids is 2. The summed E-state index contributed by atoms with van der Waals surface area (Å²) < 4.78 is 7.13. The Kier molecular flexibility index (Phi) is 6.91. The molecule has 0 spiro atoms. The van der Waals surface area contributed by atoms with Crippen LogP contribution in [-0.2, 0) is 16.1 Å². The Morgan fingerprint density at radius 3 is 2.75 bits per heavy atom. The average Bonchev–Trinajstić information content (AvgIpc) is 3.01. The molecule has 2 N–H and O–H groups in total. The quantitative estimate of drug-likeness (QED) is 0.570. The van der Waals surface area contributed by atoms with Gasteiger partial charge in [0.1, 0.15) is 0 Å². The van der Waals surface area contributed by atoms with Crippen molar-refractivity contribution >= 4 is 52.0 Å². The molecule has 1 heterocycles. The molecule has 0 atom stereocenters. The Morgan fingerprint density at radius 1 is 1.21 bits per heavy atom. The van der Waals surface area contributed by atoms with Crippen molar-refractivity contribution < 1.29 is 14.3 Å². The molecular formula is C19H19ClN4O3S. The van der Waals surface area contributed by atoms with E-state index in [4.69, 9.17) is 16.3 Å². The molecule has 0 aliphatic heterocycles. The molecular weight excluding hydrogens is 400 g/mol. The Bertz CT molecular complexity index is 978. The predicted molar refractivity (Wildman–Crippen MR) is 111 cm³/mol. The number of imide groups is 1. The zero-order valence-corrected chi connectivity index (χ0v) is 16.7. The maximum absolute atomic E-state index is 12.1. The molecule has 9 heteroatoms. The minimum Gasteiger partial charge on any atom is -0.383 e. The van der Waals surface area contributed by atoms with Gasteiger partial charge in [-0.15, -0.1) is 0 Å². The Morgan fingerprint density at radius 2 is 2.00 bits per heavy atom. The van der Waals surface area contributed by atoms with Crippen molar-refractivity contribution in [3.8, 4) is 0 Å². The zero-order valence-electron chi connectivity index (χ0n) is 15.1. The topological polar surface area (TPSA) is 85.2 Å². The van der Waals surface area contributed by atoms with Gasteiger partial charge in [0.2, 0.25) is 5.91 Å². The molecule has 0 saturated heterocycles. The Balaban J connectivity index is 1.63. The number of halogens is 1. The van der Waals surface area contributed by atoms with Crippen molar-refractivity contribution in [1.29, 1.82) is 0 Å². The highest BCUT2D eigenvalue weighted by Gasteiger charge is 2.15. The van der Waals surface area contributed by atoms with Crippen LogP contribution in [0.2, 0.25) is 5.02 Å². The molecule has 0 fully saturated rings. The van der Waals surface area contributed by atoms with Crippen LogP contribution >= 0.6 is 23.4 Å². The van der Waals surface area contributed by atoms with E-state index in [1.807, 2.05) is 16.7 Å². The van der Waals surface area contributed by atoms with Gasteiger partial charge < -0.3 is 14.6 Å². The lowest BCUT2D eigenvalue weighted by Crippen LogP contribution is -2.35. The van der Waals surface area contributed by atoms with Crippen LogP contribution in [0.1, 0.15) is 0 Å². The van der Waals surface area contributed by atoms with Crippen molar-refractivity contribution in [1.82, 2.24) is 14.9 Å². The second-order valence-electron chi connectivity index (χ2n) is 5.83. The summed E-state index contributed by atoms with van der Waals surface area (Å²) in [6, 6.07) is 13.8. The standard InChI is InChI=1S/C19H19ClN4O3S/c1-27-10-9-24-16-8-7-13(20)11-15(16)22-19(24)28-12-17(25)23-18(26)21-14-5-3-2-4-6-14/h2-8,11H,9-10,12H2,1H3,(H2,21,23,25,26). The van der Waals surface area contributed by atoms with Crippen molar-refractivity contribution in [3.63, 3.8) is 0 Å². The fourth-order valence-corrected chi connectivity index (χ4v) is 3.57. The van der Waals surface area contributed by atoms with Crippen molar-refractivity contribution in [2.24, 2.45) is 0 Å². The maximum Gasteiger partial charge on any atom is 0.325 e. The lowest BCUT2D eigenvalue weighted by Gasteiger charge is -2.09. The third-order valence-electron chi connectivity index (χ3n) is 3.81. The summed E-state index contributed by atoms with van der Waals surface area (Å²) in [6.07, 6.45) is 0. The summed E-state index contributed by atoms with van der Waals surface area (Å²) in [4.78, 5) is 28.6. The first-order valence-electron chi connectivity index (χ1n) is 8.50. The monoisotopic (exact) mass is 418 g/mol. The largest absolute Gasteiger partial charge is 0.383 e. The molecule has 146 valence electrons. The summed E-state index contributed by atoms with van der Waals surface area (Å²) >= 11 is 7.29. The number of fused-ring (bicyclic) bond motifs is 1. The molecule has 0 saturated carbocycles. The van der Waals surface area contributed by atoms with Gasteiger partial charge in [-0.2, -0.15) is 0 Å². The molecule has 0 unspecified atom stereocenters. The molecule has 0 bridgehead atoms. The molecule has 28 heavy (non-hydrogen) atoms. The number of nitrogens with one attached hydrogen (secondary N) is 2. The molecule has 0 aliphatic rings. The van der Waals surface area contributed by atoms with Crippen LogP contribution in [0.4, 0.5) is 10.5 Å². The molecule has 3 aromatic rings. The smallest absolute Gasteiger partial charge is 0.325 e. The van der Waals surface area contributed by atoms with E-state index in [1.54, 1.807) is 43.5 Å². The summed E-state index contributed by atoms with van der Waals surface area (Å²) in [5, 5.41) is 6.17. The fourth-order valence-electron chi connectivity index (χ4n) is 2.57. The van der Waals surface area contributed by atoms with Gasteiger partial charge in [-0.3, -0.25) is 10.1 Å². The first-order chi connectivity index (χ1) is 13.6. The van der Waals surface area contributed by atoms with Crippen LogP contribution in [0, 0.1) is 0 Å².